The van der Waals surface area contributed by atoms with E-state index in [4.69, 9.17) is 0 Å². The molecule has 0 amide bonds. The van der Waals surface area contributed by atoms with Gasteiger partial charge in [-0.3, -0.25) is 0 Å². The standard InChI is InChI=1S/C11H14N4/c1-3-15-8-12-14-11(15)13-10-6-4-9(2)5-7-10/h4-8H,3H2,1-2H3,(H,13,14). The third kappa shape index (κ3) is 2.15. The van der Waals surface area contributed by atoms with Gasteiger partial charge in [0.25, 0.3) is 0 Å². The van der Waals surface area contributed by atoms with Crippen LogP contribution < -0.4 is 5.32 Å². The van der Waals surface area contributed by atoms with Gasteiger partial charge in [0.2, 0.25) is 5.95 Å². The molecular weight excluding hydrogens is 188 g/mol. The normalized spacial score (nSPS) is 10.3. The summed E-state index contributed by atoms with van der Waals surface area (Å²) in [5.74, 6) is 0.779. The fraction of sp³-hybridized carbons (Fsp3) is 0.273. The number of anilines is 2. The van der Waals surface area contributed by atoms with E-state index < -0.39 is 0 Å². The third-order valence-corrected chi connectivity index (χ3v) is 2.26. The van der Waals surface area contributed by atoms with Crippen molar-refractivity contribution in [2.24, 2.45) is 0 Å². The first-order chi connectivity index (χ1) is 7.29. The van der Waals surface area contributed by atoms with E-state index in [9.17, 15) is 0 Å². The van der Waals surface area contributed by atoms with Crippen LogP contribution in [0, 0.1) is 6.92 Å². The predicted molar refractivity (Wildman–Crippen MR) is 60.2 cm³/mol. The van der Waals surface area contributed by atoms with Crippen LogP contribution in [0.3, 0.4) is 0 Å². The lowest BCUT2D eigenvalue weighted by molar-refractivity contribution is 0.768. The zero-order valence-electron chi connectivity index (χ0n) is 8.94. The lowest BCUT2D eigenvalue weighted by Crippen LogP contribution is -2.01. The van der Waals surface area contributed by atoms with E-state index in [0.717, 1.165) is 18.2 Å². The molecule has 0 spiro atoms. The largest absolute Gasteiger partial charge is 0.324 e. The molecule has 15 heavy (non-hydrogen) atoms. The second kappa shape index (κ2) is 4.13. The molecule has 0 unspecified atom stereocenters. The molecule has 78 valence electrons. The summed E-state index contributed by atoms with van der Waals surface area (Å²) < 4.78 is 1.96. The number of benzene rings is 1. The number of hydrogen-bond acceptors (Lipinski definition) is 3. The van der Waals surface area contributed by atoms with Crippen LogP contribution in [-0.2, 0) is 6.54 Å². The van der Waals surface area contributed by atoms with Gasteiger partial charge in [-0.1, -0.05) is 17.7 Å². The van der Waals surface area contributed by atoms with Gasteiger partial charge >= 0.3 is 0 Å². The highest BCUT2D eigenvalue weighted by atomic mass is 15.3. The molecular formula is C11H14N4. The van der Waals surface area contributed by atoms with Gasteiger partial charge in [-0.05, 0) is 26.0 Å². The van der Waals surface area contributed by atoms with Crippen LogP contribution in [0.4, 0.5) is 11.6 Å². The first-order valence-corrected chi connectivity index (χ1v) is 5.01. The van der Waals surface area contributed by atoms with Crippen molar-refractivity contribution in [2.45, 2.75) is 20.4 Å². The maximum atomic E-state index is 4.01. The van der Waals surface area contributed by atoms with Crippen LogP contribution >= 0.6 is 0 Å². The van der Waals surface area contributed by atoms with Crippen LogP contribution in [0.5, 0.6) is 0 Å². The quantitative estimate of drug-likeness (QED) is 0.830. The zero-order chi connectivity index (χ0) is 10.7. The Labute approximate surface area is 89.0 Å². The van der Waals surface area contributed by atoms with Gasteiger partial charge in [-0.15, -0.1) is 10.2 Å². The number of rotatable bonds is 3. The highest BCUT2D eigenvalue weighted by Crippen LogP contribution is 2.14. The molecule has 0 bridgehead atoms. The number of nitrogens with one attached hydrogen (secondary N) is 1. The Morgan fingerprint density at radius 1 is 1.27 bits per heavy atom. The van der Waals surface area contributed by atoms with Crippen molar-refractivity contribution < 1.29 is 0 Å². The van der Waals surface area contributed by atoms with Crippen molar-refractivity contribution in [1.82, 2.24) is 14.8 Å². The molecule has 0 saturated heterocycles. The summed E-state index contributed by atoms with van der Waals surface area (Å²) in [6.07, 6.45) is 1.72. The maximum Gasteiger partial charge on any atom is 0.228 e. The van der Waals surface area contributed by atoms with Crippen LogP contribution in [0.2, 0.25) is 0 Å². The molecule has 0 aliphatic rings. The predicted octanol–water partition coefficient (Wildman–Crippen LogP) is 2.35. The van der Waals surface area contributed by atoms with Gasteiger partial charge < -0.3 is 9.88 Å². The molecule has 0 fully saturated rings. The van der Waals surface area contributed by atoms with Crippen molar-refractivity contribution in [2.75, 3.05) is 5.32 Å². The summed E-state index contributed by atoms with van der Waals surface area (Å²) in [5, 5.41) is 11.1. The smallest absolute Gasteiger partial charge is 0.228 e. The minimum atomic E-state index is 0.779. The molecule has 0 radical (unpaired) electrons. The molecule has 0 atom stereocenters. The summed E-state index contributed by atoms with van der Waals surface area (Å²) >= 11 is 0. The number of hydrogen-bond donors (Lipinski definition) is 1. The highest BCUT2D eigenvalue weighted by Gasteiger charge is 2.01. The van der Waals surface area contributed by atoms with E-state index >= 15 is 0 Å². The van der Waals surface area contributed by atoms with Gasteiger partial charge in [-0.25, -0.2) is 0 Å². The lowest BCUT2D eigenvalue weighted by Gasteiger charge is -2.06. The number of aromatic nitrogens is 3. The molecule has 0 aliphatic heterocycles. The minimum Gasteiger partial charge on any atom is -0.324 e. The van der Waals surface area contributed by atoms with Crippen LogP contribution in [-0.4, -0.2) is 14.8 Å². The van der Waals surface area contributed by atoms with E-state index in [1.165, 1.54) is 5.56 Å². The Balaban J connectivity index is 2.18. The molecule has 2 rings (SSSR count). The fourth-order valence-corrected chi connectivity index (χ4v) is 1.35. The molecule has 4 nitrogen and oxygen atoms in total. The van der Waals surface area contributed by atoms with E-state index in [2.05, 4.69) is 41.5 Å². The molecule has 1 heterocycles. The van der Waals surface area contributed by atoms with Crippen molar-refractivity contribution in [3.05, 3.63) is 36.2 Å². The topological polar surface area (TPSA) is 42.7 Å². The highest BCUT2D eigenvalue weighted by molar-refractivity contribution is 5.53. The second-order valence-corrected chi connectivity index (χ2v) is 3.43. The first-order valence-electron chi connectivity index (χ1n) is 5.01. The summed E-state index contributed by atoms with van der Waals surface area (Å²) in [4.78, 5) is 0. The molecule has 1 aromatic carbocycles. The lowest BCUT2D eigenvalue weighted by atomic mass is 10.2. The maximum absolute atomic E-state index is 4.01. The van der Waals surface area contributed by atoms with Crippen molar-refractivity contribution >= 4 is 11.6 Å². The SMILES string of the molecule is CCn1cnnc1Nc1ccc(C)cc1. The average Bonchev–Trinajstić information content (AvgIpc) is 2.69. The van der Waals surface area contributed by atoms with Gasteiger partial charge in [-0.2, -0.15) is 0 Å². The van der Waals surface area contributed by atoms with E-state index in [1.54, 1.807) is 6.33 Å². The summed E-state index contributed by atoms with van der Waals surface area (Å²) in [7, 11) is 0. The van der Waals surface area contributed by atoms with Crippen molar-refractivity contribution in [3.8, 4) is 0 Å². The van der Waals surface area contributed by atoms with Gasteiger partial charge in [0.05, 0.1) is 0 Å². The molecule has 2 aromatic rings. The van der Waals surface area contributed by atoms with Crippen molar-refractivity contribution in [3.63, 3.8) is 0 Å². The second-order valence-electron chi connectivity index (χ2n) is 3.43. The minimum absolute atomic E-state index is 0.779. The molecule has 1 aromatic heterocycles. The Morgan fingerprint density at radius 3 is 2.67 bits per heavy atom. The van der Waals surface area contributed by atoms with Gasteiger partial charge in [0.15, 0.2) is 0 Å². The molecule has 1 N–H and O–H groups in total. The number of aryl methyl sites for hydroxylation is 2. The number of nitrogens with zero attached hydrogens (tertiary/aromatic N) is 3. The Morgan fingerprint density at radius 2 is 2.00 bits per heavy atom. The van der Waals surface area contributed by atoms with E-state index in [0.29, 0.717) is 0 Å². The summed E-state index contributed by atoms with van der Waals surface area (Å²) in [6.45, 7) is 4.99. The molecule has 4 heteroatoms. The average molecular weight is 202 g/mol. The fourth-order valence-electron chi connectivity index (χ4n) is 1.35. The Bertz CT molecular complexity index is 430. The van der Waals surface area contributed by atoms with Crippen LogP contribution in [0.1, 0.15) is 12.5 Å². The summed E-state index contributed by atoms with van der Waals surface area (Å²) in [5.41, 5.74) is 2.28. The van der Waals surface area contributed by atoms with E-state index in [1.807, 2.05) is 16.7 Å². The van der Waals surface area contributed by atoms with Crippen molar-refractivity contribution in [1.29, 1.82) is 0 Å². The van der Waals surface area contributed by atoms with Crippen LogP contribution in [0.15, 0.2) is 30.6 Å². The molecule has 0 saturated carbocycles. The third-order valence-electron chi connectivity index (χ3n) is 2.26. The Kier molecular flexibility index (Phi) is 2.67. The first kappa shape index (κ1) is 9.71. The van der Waals surface area contributed by atoms with E-state index in [-0.39, 0.29) is 0 Å². The van der Waals surface area contributed by atoms with Crippen LogP contribution in [0.25, 0.3) is 0 Å². The Hall–Kier alpha value is -1.84. The zero-order valence-corrected chi connectivity index (χ0v) is 8.94. The van der Waals surface area contributed by atoms with Gasteiger partial charge in [0, 0.05) is 12.2 Å². The monoisotopic (exact) mass is 202 g/mol. The summed E-state index contributed by atoms with van der Waals surface area (Å²) in [6, 6.07) is 8.19. The van der Waals surface area contributed by atoms with Gasteiger partial charge in [0.1, 0.15) is 6.33 Å². The molecule has 0 aliphatic carbocycles.